The first kappa shape index (κ1) is 25.8. The van der Waals surface area contributed by atoms with Crippen LogP contribution in [-0.2, 0) is 13.2 Å². The number of benzene rings is 1. The zero-order valence-electron chi connectivity index (χ0n) is 19.1. The van der Waals surface area contributed by atoms with E-state index < -0.39 is 48.6 Å². The number of piperidine rings is 1. The Hall–Kier alpha value is -3.28. The van der Waals surface area contributed by atoms with Crippen molar-refractivity contribution in [3.05, 3.63) is 59.3 Å². The molecule has 2 aromatic heterocycles. The zero-order valence-corrected chi connectivity index (χ0v) is 19.9. The standard InChI is InChI=1S/C23H21ClF5N5O2/c1-13-7-22(25,26)12-34(17(13)11-36-19-9-30-18(8-31-19)23(27,28)29)21(35)20-16(10-33(2)32-20)14-3-5-15(24)6-4-14/h3-6,8-10,13,17H,7,11-12H2,1-2H3/t13-,17-/m1/s1. The van der Waals surface area contributed by atoms with Crippen LogP contribution in [0.15, 0.2) is 42.9 Å². The number of hydrogen-bond donors (Lipinski definition) is 0. The Morgan fingerprint density at radius 3 is 2.50 bits per heavy atom. The first-order valence-electron chi connectivity index (χ1n) is 10.8. The summed E-state index contributed by atoms with van der Waals surface area (Å²) in [6, 6.07) is 5.83. The van der Waals surface area contributed by atoms with E-state index in [2.05, 4.69) is 15.1 Å². The minimum absolute atomic E-state index is 0.0240. The molecule has 0 saturated carbocycles. The molecule has 1 amide bonds. The smallest absolute Gasteiger partial charge is 0.434 e. The fraction of sp³-hybridized carbons (Fsp3) is 0.391. The molecule has 0 bridgehead atoms. The highest BCUT2D eigenvalue weighted by atomic mass is 35.5. The van der Waals surface area contributed by atoms with Gasteiger partial charge in [0.2, 0.25) is 5.88 Å². The van der Waals surface area contributed by atoms with Gasteiger partial charge in [-0.05, 0) is 23.6 Å². The normalized spacial score (nSPS) is 19.8. The van der Waals surface area contributed by atoms with Crippen LogP contribution in [0.4, 0.5) is 22.0 Å². The maximum atomic E-state index is 14.5. The van der Waals surface area contributed by atoms with E-state index in [9.17, 15) is 26.7 Å². The first-order valence-corrected chi connectivity index (χ1v) is 11.2. The van der Waals surface area contributed by atoms with E-state index in [-0.39, 0.29) is 18.2 Å². The number of carbonyl (C=O) groups excluding carboxylic acids is 1. The van der Waals surface area contributed by atoms with Gasteiger partial charge in [-0.2, -0.15) is 18.3 Å². The molecular formula is C23H21ClF5N5O2. The van der Waals surface area contributed by atoms with Crippen LogP contribution in [0.5, 0.6) is 5.88 Å². The van der Waals surface area contributed by atoms with Crippen LogP contribution >= 0.6 is 11.6 Å². The molecule has 0 spiro atoms. The summed E-state index contributed by atoms with van der Waals surface area (Å²) >= 11 is 5.95. The summed E-state index contributed by atoms with van der Waals surface area (Å²) in [5.41, 5.74) is -0.152. The third-order valence-electron chi connectivity index (χ3n) is 5.85. The topological polar surface area (TPSA) is 73.1 Å². The second-order valence-corrected chi connectivity index (χ2v) is 9.09. The van der Waals surface area contributed by atoms with Gasteiger partial charge in [0.1, 0.15) is 6.61 Å². The van der Waals surface area contributed by atoms with Crippen LogP contribution in [-0.4, -0.2) is 55.7 Å². The summed E-state index contributed by atoms with van der Waals surface area (Å²) in [6.07, 6.45) is -2.23. The van der Waals surface area contributed by atoms with Gasteiger partial charge in [0, 0.05) is 30.3 Å². The third kappa shape index (κ3) is 5.58. The summed E-state index contributed by atoms with van der Waals surface area (Å²) < 4.78 is 74.2. The Bertz CT molecular complexity index is 1230. The fourth-order valence-electron chi connectivity index (χ4n) is 4.15. The summed E-state index contributed by atoms with van der Waals surface area (Å²) in [5.74, 6) is -4.78. The van der Waals surface area contributed by atoms with Crippen molar-refractivity contribution in [1.82, 2.24) is 24.6 Å². The largest absolute Gasteiger partial charge is 0.474 e. The van der Waals surface area contributed by atoms with E-state index in [1.54, 1.807) is 44.4 Å². The molecule has 1 aromatic carbocycles. The highest BCUT2D eigenvalue weighted by molar-refractivity contribution is 6.30. The SMILES string of the molecule is C[C@@H]1CC(F)(F)CN(C(=O)c2nn(C)cc2-c2ccc(Cl)cc2)[C@@H]1COc1cnc(C(F)(F)F)cn1. The highest BCUT2D eigenvalue weighted by Gasteiger charge is 2.47. The van der Waals surface area contributed by atoms with Gasteiger partial charge in [-0.25, -0.2) is 18.7 Å². The van der Waals surface area contributed by atoms with Crippen LogP contribution in [0.1, 0.15) is 29.5 Å². The molecule has 7 nitrogen and oxygen atoms in total. The van der Waals surface area contributed by atoms with Crippen molar-refractivity contribution < 1.29 is 31.5 Å². The molecule has 2 atom stereocenters. The lowest BCUT2D eigenvalue weighted by Gasteiger charge is -2.42. The van der Waals surface area contributed by atoms with E-state index in [1.165, 1.54) is 4.68 Å². The number of aromatic nitrogens is 4. The molecule has 0 aliphatic carbocycles. The maximum absolute atomic E-state index is 14.5. The van der Waals surface area contributed by atoms with Crippen molar-refractivity contribution in [1.29, 1.82) is 0 Å². The molecule has 4 rings (SSSR count). The number of ether oxygens (including phenoxy) is 1. The molecule has 1 aliphatic heterocycles. The van der Waals surface area contributed by atoms with Gasteiger partial charge < -0.3 is 9.64 Å². The first-order chi connectivity index (χ1) is 16.8. The van der Waals surface area contributed by atoms with E-state index in [0.29, 0.717) is 22.3 Å². The average molecular weight is 530 g/mol. The molecular weight excluding hydrogens is 509 g/mol. The second-order valence-electron chi connectivity index (χ2n) is 8.66. The lowest BCUT2D eigenvalue weighted by Crippen LogP contribution is -2.57. The predicted molar refractivity (Wildman–Crippen MR) is 120 cm³/mol. The Morgan fingerprint density at radius 1 is 1.19 bits per heavy atom. The van der Waals surface area contributed by atoms with Crippen molar-refractivity contribution in [2.75, 3.05) is 13.2 Å². The van der Waals surface area contributed by atoms with Crippen LogP contribution in [0.25, 0.3) is 11.1 Å². The number of alkyl halides is 5. The van der Waals surface area contributed by atoms with Crippen molar-refractivity contribution in [2.24, 2.45) is 13.0 Å². The monoisotopic (exact) mass is 529 g/mol. The minimum atomic E-state index is -4.66. The number of nitrogens with zero attached hydrogens (tertiary/aromatic N) is 5. The van der Waals surface area contributed by atoms with Gasteiger partial charge in [0.05, 0.1) is 25.0 Å². The van der Waals surface area contributed by atoms with E-state index in [4.69, 9.17) is 16.3 Å². The lowest BCUT2D eigenvalue weighted by atomic mass is 9.88. The molecule has 1 saturated heterocycles. The molecule has 0 radical (unpaired) electrons. The zero-order chi connectivity index (χ0) is 26.3. The van der Waals surface area contributed by atoms with Crippen LogP contribution in [0, 0.1) is 5.92 Å². The Morgan fingerprint density at radius 2 is 1.89 bits per heavy atom. The molecule has 3 aromatic rings. The summed E-state index contributed by atoms with van der Waals surface area (Å²) in [6.45, 7) is 0.421. The van der Waals surface area contributed by atoms with Crippen LogP contribution in [0.3, 0.4) is 0 Å². The van der Waals surface area contributed by atoms with Gasteiger partial charge >= 0.3 is 6.18 Å². The van der Waals surface area contributed by atoms with Gasteiger partial charge in [-0.1, -0.05) is 30.7 Å². The van der Waals surface area contributed by atoms with Crippen molar-refractivity contribution in [2.45, 2.75) is 31.5 Å². The molecule has 1 aliphatic rings. The highest BCUT2D eigenvalue weighted by Crippen LogP contribution is 2.36. The quantitative estimate of drug-likeness (QED) is 0.429. The fourth-order valence-corrected chi connectivity index (χ4v) is 4.28. The molecule has 1 fully saturated rings. The summed E-state index contributed by atoms with van der Waals surface area (Å²) in [4.78, 5) is 21.4. The Balaban J connectivity index is 1.60. The number of rotatable bonds is 5. The Kier molecular flexibility index (Phi) is 6.91. The van der Waals surface area contributed by atoms with E-state index in [1.807, 2.05) is 0 Å². The number of halogens is 6. The predicted octanol–water partition coefficient (Wildman–Crippen LogP) is 5.11. The number of aryl methyl sites for hydroxylation is 1. The van der Waals surface area contributed by atoms with Gasteiger partial charge in [0.15, 0.2) is 11.4 Å². The lowest BCUT2D eigenvalue weighted by molar-refractivity contribution is -0.141. The van der Waals surface area contributed by atoms with Crippen LogP contribution < -0.4 is 4.74 Å². The maximum Gasteiger partial charge on any atom is 0.434 e. The minimum Gasteiger partial charge on any atom is -0.474 e. The molecule has 13 heteroatoms. The van der Waals surface area contributed by atoms with E-state index in [0.717, 1.165) is 11.1 Å². The average Bonchev–Trinajstić information content (AvgIpc) is 3.19. The van der Waals surface area contributed by atoms with Gasteiger partial charge in [-0.15, -0.1) is 0 Å². The Labute approximate surface area is 207 Å². The van der Waals surface area contributed by atoms with E-state index >= 15 is 0 Å². The summed E-state index contributed by atoms with van der Waals surface area (Å²) in [7, 11) is 1.60. The number of hydrogen-bond acceptors (Lipinski definition) is 5. The molecule has 0 unspecified atom stereocenters. The van der Waals surface area contributed by atoms with Gasteiger partial charge in [-0.3, -0.25) is 9.48 Å². The second kappa shape index (κ2) is 9.64. The summed E-state index contributed by atoms with van der Waals surface area (Å²) in [5, 5.41) is 4.71. The van der Waals surface area contributed by atoms with Crippen molar-refractivity contribution in [3.8, 4) is 17.0 Å². The molecule has 3 heterocycles. The number of carbonyl (C=O) groups is 1. The number of likely N-dealkylation sites (tertiary alicyclic amines) is 1. The van der Waals surface area contributed by atoms with Crippen molar-refractivity contribution in [3.63, 3.8) is 0 Å². The molecule has 36 heavy (non-hydrogen) atoms. The molecule has 192 valence electrons. The van der Waals surface area contributed by atoms with Crippen LogP contribution in [0.2, 0.25) is 5.02 Å². The molecule has 0 N–H and O–H groups in total. The van der Waals surface area contributed by atoms with Gasteiger partial charge in [0.25, 0.3) is 11.8 Å². The third-order valence-corrected chi connectivity index (χ3v) is 6.10. The van der Waals surface area contributed by atoms with Crippen molar-refractivity contribution >= 4 is 17.5 Å². The number of amides is 1.